The first-order chi connectivity index (χ1) is 3.92. The second-order valence-corrected chi connectivity index (χ2v) is 2.84. The van der Waals surface area contributed by atoms with Gasteiger partial charge < -0.3 is 5.73 Å². The molecular formula is C7H12N+. The van der Waals surface area contributed by atoms with Crippen LogP contribution >= 0.6 is 0 Å². The van der Waals surface area contributed by atoms with Crippen LogP contribution in [0.3, 0.4) is 0 Å². The minimum absolute atomic E-state index is 1.07. The van der Waals surface area contributed by atoms with Crippen molar-refractivity contribution < 1.29 is 5.73 Å². The maximum absolute atomic E-state index is 3.83. The van der Waals surface area contributed by atoms with Crippen molar-refractivity contribution in [2.24, 2.45) is 5.92 Å². The van der Waals surface area contributed by atoms with Crippen molar-refractivity contribution in [3.63, 3.8) is 0 Å². The summed E-state index contributed by atoms with van der Waals surface area (Å²) >= 11 is 0. The molecule has 1 unspecified atom stereocenters. The van der Waals surface area contributed by atoms with Crippen LogP contribution in [0, 0.1) is 5.92 Å². The molecule has 0 aromatic carbocycles. The lowest BCUT2D eigenvalue weighted by molar-refractivity contribution is -0.366. The predicted molar refractivity (Wildman–Crippen MR) is 32.1 cm³/mol. The van der Waals surface area contributed by atoms with Crippen LogP contribution in [0.4, 0.5) is 0 Å². The molecule has 3 N–H and O–H groups in total. The van der Waals surface area contributed by atoms with Crippen molar-refractivity contribution in [2.45, 2.75) is 19.3 Å². The smallest absolute Gasteiger partial charge is 0.0777 e. The summed E-state index contributed by atoms with van der Waals surface area (Å²) in [6.45, 7) is 1.10. The molecule has 2 rings (SSSR count). The molecular weight excluding hydrogens is 98.1 g/mol. The Balaban J connectivity index is 1.99. The van der Waals surface area contributed by atoms with Crippen molar-refractivity contribution in [3.05, 3.63) is 11.1 Å². The van der Waals surface area contributed by atoms with E-state index in [0.717, 1.165) is 12.5 Å². The van der Waals surface area contributed by atoms with Gasteiger partial charge >= 0.3 is 0 Å². The molecule has 1 fully saturated rings. The van der Waals surface area contributed by atoms with E-state index in [1.165, 1.54) is 19.3 Å². The molecule has 1 saturated carbocycles. The summed E-state index contributed by atoms with van der Waals surface area (Å²) in [4.78, 5) is 0. The van der Waals surface area contributed by atoms with Gasteiger partial charge in [0.05, 0.1) is 6.54 Å². The molecule has 0 aliphatic heterocycles. The van der Waals surface area contributed by atoms with Gasteiger partial charge in [0.15, 0.2) is 0 Å². The molecule has 1 atom stereocenters. The number of quaternary nitrogens is 1. The number of hydrogen-bond acceptors (Lipinski definition) is 0. The maximum Gasteiger partial charge on any atom is 0.0777 e. The fourth-order valence-corrected chi connectivity index (χ4v) is 1.61. The Labute approximate surface area is 49.6 Å². The molecule has 1 heteroatoms. The molecule has 0 bridgehead atoms. The van der Waals surface area contributed by atoms with Crippen LogP contribution in [0.25, 0.3) is 0 Å². The molecule has 0 aromatic rings. The Hall–Kier alpha value is -0.300. The molecule has 2 aliphatic rings. The molecule has 0 radical (unpaired) electrons. The number of rotatable bonds is 2. The predicted octanol–water partition coefficient (Wildman–Crippen LogP) is 0.339. The molecule has 0 saturated heterocycles. The standard InChI is InChI=1S/C7H11N/c8-2-1-5-3-6-4-7(5)6/h6H,1-4,8H2/p+1. The second kappa shape index (κ2) is 1.35. The van der Waals surface area contributed by atoms with E-state index < -0.39 is 0 Å². The normalized spacial score (nSPS) is 31.9. The molecule has 1 nitrogen and oxygen atoms in total. The Morgan fingerprint density at radius 2 is 2.38 bits per heavy atom. The molecule has 0 spiro atoms. The van der Waals surface area contributed by atoms with Gasteiger partial charge in [0.1, 0.15) is 0 Å². The van der Waals surface area contributed by atoms with Gasteiger partial charge in [0.25, 0.3) is 0 Å². The minimum Gasteiger partial charge on any atom is -0.357 e. The molecule has 0 amide bonds. The van der Waals surface area contributed by atoms with Gasteiger partial charge in [-0.15, -0.1) is 0 Å². The third-order valence-electron chi connectivity index (χ3n) is 2.22. The van der Waals surface area contributed by atoms with Crippen LogP contribution in [-0.2, 0) is 0 Å². The Morgan fingerprint density at radius 1 is 1.50 bits per heavy atom. The van der Waals surface area contributed by atoms with E-state index in [0.29, 0.717) is 0 Å². The quantitative estimate of drug-likeness (QED) is 0.496. The average Bonchev–Trinajstić information content (AvgIpc) is 2.36. The Morgan fingerprint density at radius 3 is 2.75 bits per heavy atom. The highest BCUT2D eigenvalue weighted by Crippen LogP contribution is 2.55. The molecule has 44 valence electrons. The van der Waals surface area contributed by atoms with Gasteiger partial charge in [0.2, 0.25) is 0 Å². The van der Waals surface area contributed by atoms with Crippen LogP contribution < -0.4 is 5.73 Å². The van der Waals surface area contributed by atoms with Crippen LogP contribution in [0.5, 0.6) is 0 Å². The van der Waals surface area contributed by atoms with Gasteiger partial charge in [-0.25, -0.2) is 0 Å². The van der Waals surface area contributed by atoms with E-state index in [1.807, 2.05) is 0 Å². The molecule has 2 aliphatic carbocycles. The first-order valence-corrected chi connectivity index (χ1v) is 3.42. The zero-order valence-corrected chi connectivity index (χ0v) is 5.11. The van der Waals surface area contributed by atoms with Crippen molar-refractivity contribution in [3.8, 4) is 0 Å². The summed E-state index contributed by atoms with van der Waals surface area (Å²) in [5.74, 6) is 1.07. The summed E-state index contributed by atoms with van der Waals surface area (Å²) in [6.07, 6.45) is 4.14. The van der Waals surface area contributed by atoms with Crippen molar-refractivity contribution >= 4 is 0 Å². The minimum atomic E-state index is 1.07. The summed E-state index contributed by atoms with van der Waals surface area (Å²) in [5.41, 5.74) is 7.35. The SMILES string of the molecule is [NH3+]CCC1=C2CC2C1. The second-order valence-electron chi connectivity index (χ2n) is 2.84. The van der Waals surface area contributed by atoms with E-state index >= 15 is 0 Å². The van der Waals surface area contributed by atoms with E-state index in [-0.39, 0.29) is 0 Å². The molecule has 0 heterocycles. The summed E-state index contributed by atoms with van der Waals surface area (Å²) < 4.78 is 0. The largest absolute Gasteiger partial charge is 0.357 e. The monoisotopic (exact) mass is 110 g/mol. The topological polar surface area (TPSA) is 27.6 Å². The third-order valence-corrected chi connectivity index (χ3v) is 2.22. The zero-order valence-electron chi connectivity index (χ0n) is 5.11. The van der Waals surface area contributed by atoms with E-state index in [2.05, 4.69) is 5.73 Å². The van der Waals surface area contributed by atoms with Crippen molar-refractivity contribution in [1.82, 2.24) is 0 Å². The van der Waals surface area contributed by atoms with E-state index in [9.17, 15) is 0 Å². The molecule has 0 aromatic heterocycles. The highest BCUT2D eigenvalue weighted by Gasteiger charge is 2.41. The van der Waals surface area contributed by atoms with E-state index in [1.54, 1.807) is 11.1 Å². The average molecular weight is 110 g/mol. The lowest BCUT2D eigenvalue weighted by atomic mass is 9.96. The summed E-state index contributed by atoms with van der Waals surface area (Å²) in [5, 5.41) is 0. The Bertz CT molecular complexity index is 146. The van der Waals surface area contributed by atoms with Crippen LogP contribution in [0.15, 0.2) is 11.1 Å². The van der Waals surface area contributed by atoms with Crippen LogP contribution in [0.1, 0.15) is 19.3 Å². The Kier molecular flexibility index (Phi) is 0.770. The highest BCUT2D eigenvalue weighted by atomic mass is 14.5. The number of fused-ring (bicyclic) bond motifs is 1. The van der Waals surface area contributed by atoms with Crippen LogP contribution in [0.2, 0.25) is 0 Å². The van der Waals surface area contributed by atoms with Gasteiger partial charge in [0, 0.05) is 6.42 Å². The summed E-state index contributed by atoms with van der Waals surface area (Å²) in [7, 11) is 0. The van der Waals surface area contributed by atoms with Crippen molar-refractivity contribution in [2.75, 3.05) is 6.54 Å². The zero-order chi connectivity index (χ0) is 5.56. The number of allylic oxidation sites excluding steroid dienone is 1. The van der Waals surface area contributed by atoms with Crippen LogP contribution in [-0.4, -0.2) is 6.54 Å². The van der Waals surface area contributed by atoms with Gasteiger partial charge in [-0.2, -0.15) is 0 Å². The van der Waals surface area contributed by atoms with Crippen molar-refractivity contribution in [1.29, 1.82) is 0 Å². The molecule has 8 heavy (non-hydrogen) atoms. The lowest BCUT2D eigenvalue weighted by Crippen LogP contribution is -2.50. The highest BCUT2D eigenvalue weighted by molar-refractivity contribution is 5.41. The lowest BCUT2D eigenvalue weighted by Gasteiger charge is -2.09. The first kappa shape index (κ1) is 4.57. The maximum atomic E-state index is 3.83. The van der Waals surface area contributed by atoms with E-state index in [4.69, 9.17) is 0 Å². The fourth-order valence-electron chi connectivity index (χ4n) is 1.61. The van der Waals surface area contributed by atoms with Gasteiger partial charge in [-0.1, -0.05) is 11.1 Å². The van der Waals surface area contributed by atoms with Gasteiger partial charge in [-0.05, 0) is 18.8 Å². The summed E-state index contributed by atoms with van der Waals surface area (Å²) in [6, 6.07) is 0. The fraction of sp³-hybridized carbons (Fsp3) is 0.714. The first-order valence-electron chi connectivity index (χ1n) is 3.42. The third kappa shape index (κ3) is 0.451. The van der Waals surface area contributed by atoms with Gasteiger partial charge in [-0.3, -0.25) is 0 Å². The number of hydrogen-bond donors (Lipinski definition) is 1.